The second-order valence-corrected chi connectivity index (χ2v) is 3.31. The normalized spacial score (nSPS) is 16.4. The van der Waals surface area contributed by atoms with Gasteiger partial charge >= 0.3 is 0 Å². The average molecular weight is 162 g/mol. The zero-order valence-electron chi connectivity index (χ0n) is 7.30. The number of aryl methyl sites for hydroxylation is 2. The zero-order chi connectivity index (χ0) is 8.39. The van der Waals surface area contributed by atoms with Crippen LogP contribution in [-0.2, 0) is 6.42 Å². The Bertz CT molecular complexity index is 266. The molecule has 0 saturated carbocycles. The lowest BCUT2D eigenvalue weighted by Crippen LogP contribution is -1.96. The molecule has 0 amide bonds. The first-order chi connectivity index (χ1) is 5.86. The summed E-state index contributed by atoms with van der Waals surface area (Å²) in [6, 6.07) is 8.57. The molecule has 0 spiro atoms. The Morgan fingerprint density at radius 3 is 2.67 bits per heavy atom. The minimum absolute atomic E-state index is 0.560. The van der Waals surface area contributed by atoms with Crippen molar-refractivity contribution in [2.75, 3.05) is 0 Å². The minimum Gasteiger partial charge on any atom is -0.238 e. The third-order valence-corrected chi connectivity index (χ3v) is 2.31. The van der Waals surface area contributed by atoms with Gasteiger partial charge in [0.15, 0.2) is 0 Å². The Morgan fingerprint density at radius 1 is 1.25 bits per heavy atom. The van der Waals surface area contributed by atoms with E-state index in [2.05, 4.69) is 42.0 Å². The van der Waals surface area contributed by atoms with Crippen LogP contribution in [0.25, 0.3) is 0 Å². The van der Waals surface area contributed by atoms with E-state index in [1.165, 1.54) is 17.5 Å². The molecule has 12 heavy (non-hydrogen) atoms. The zero-order valence-corrected chi connectivity index (χ0v) is 7.30. The lowest BCUT2D eigenvalue weighted by molar-refractivity contribution is 0.784. The fraction of sp³-hybridized carbons (Fsp3) is 0.400. The van der Waals surface area contributed by atoms with Gasteiger partial charge in [0.2, 0.25) is 0 Å². The van der Waals surface area contributed by atoms with Crippen molar-refractivity contribution >= 4 is 0 Å². The highest BCUT2D eigenvalue weighted by Crippen LogP contribution is 2.11. The van der Waals surface area contributed by atoms with Gasteiger partial charge < -0.3 is 0 Å². The molecule has 2 heteroatoms. The average Bonchev–Trinajstić information content (AvgIpc) is 2.86. The molecule has 2 rings (SSSR count). The third-order valence-electron chi connectivity index (χ3n) is 2.31. The molecule has 0 atom stereocenters. The van der Waals surface area contributed by atoms with Crippen LogP contribution in [0.1, 0.15) is 17.5 Å². The van der Waals surface area contributed by atoms with Gasteiger partial charge in [0.1, 0.15) is 0 Å². The Morgan fingerprint density at radius 2 is 2.00 bits per heavy atom. The van der Waals surface area contributed by atoms with Crippen molar-refractivity contribution in [2.45, 2.75) is 25.9 Å². The first-order valence-corrected chi connectivity index (χ1v) is 4.42. The minimum atomic E-state index is 0.560. The summed E-state index contributed by atoms with van der Waals surface area (Å²) in [7, 11) is 0. The monoisotopic (exact) mass is 162 g/mol. The van der Waals surface area contributed by atoms with Gasteiger partial charge in [-0.25, -0.2) is 10.9 Å². The van der Waals surface area contributed by atoms with Crippen LogP contribution >= 0.6 is 0 Å². The van der Waals surface area contributed by atoms with E-state index in [4.69, 9.17) is 0 Å². The number of hydrazine groups is 1. The van der Waals surface area contributed by atoms with Crippen LogP contribution in [0.15, 0.2) is 24.3 Å². The van der Waals surface area contributed by atoms with E-state index in [0.717, 1.165) is 6.42 Å². The Labute approximate surface area is 73.0 Å². The second-order valence-electron chi connectivity index (χ2n) is 3.31. The van der Waals surface area contributed by atoms with E-state index in [1.807, 2.05) is 0 Å². The van der Waals surface area contributed by atoms with Crippen LogP contribution < -0.4 is 10.9 Å². The summed E-state index contributed by atoms with van der Waals surface area (Å²) in [4.78, 5) is 0. The summed E-state index contributed by atoms with van der Waals surface area (Å²) < 4.78 is 0. The molecule has 1 aliphatic rings. The van der Waals surface area contributed by atoms with E-state index < -0.39 is 0 Å². The summed E-state index contributed by atoms with van der Waals surface area (Å²) in [6.07, 6.45) is 2.91. The molecule has 0 unspecified atom stereocenters. The van der Waals surface area contributed by atoms with Gasteiger partial charge in [-0.2, -0.15) is 0 Å². The van der Waals surface area contributed by atoms with Crippen molar-refractivity contribution in [1.82, 2.24) is 10.9 Å². The standard InChI is InChI=1S/C10H14N2/c1-8-4-2-3-5-9(8)6-7-10-11-12-10/h2-5,10-12H,6-7H2,1H3. The third kappa shape index (κ3) is 1.84. The summed E-state index contributed by atoms with van der Waals surface area (Å²) >= 11 is 0. The summed E-state index contributed by atoms with van der Waals surface area (Å²) in [5.74, 6) is 0. The highest BCUT2D eigenvalue weighted by atomic mass is 15.6. The SMILES string of the molecule is Cc1ccccc1CCC1NN1. The lowest BCUT2D eigenvalue weighted by Gasteiger charge is -2.02. The maximum Gasteiger partial charge on any atom is 0.0836 e. The van der Waals surface area contributed by atoms with E-state index in [0.29, 0.717) is 6.17 Å². The van der Waals surface area contributed by atoms with Gasteiger partial charge in [0, 0.05) is 0 Å². The molecule has 1 aliphatic heterocycles. The smallest absolute Gasteiger partial charge is 0.0836 e. The van der Waals surface area contributed by atoms with Crippen LogP contribution in [0.4, 0.5) is 0 Å². The van der Waals surface area contributed by atoms with Gasteiger partial charge in [0.05, 0.1) is 6.17 Å². The molecule has 1 fully saturated rings. The summed E-state index contributed by atoms with van der Waals surface area (Å²) in [5, 5.41) is 0. The van der Waals surface area contributed by atoms with Crippen molar-refractivity contribution in [1.29, 1.82) is 0 Å². The lowest BCUT2D eigenvalue weighted by atomic mass is 10.0. The maximum absolute atomic E-state index is 3.07. The summed E-state index contributed by atoms with van der Waals surface area (Å²) in [5.41, 5.74) is 9.01. The van der Waals surface area contributed by atoms with Crippen molar-refractivity contribution in [3.05, 3.63) is 35.4 Å². The van der Waals surface area contributed by atoms with Crippen LogP contribution in [-0.4, -0.2) is 6.17 Å². The van der Waals surface area contributed by atoms with Crippen LogP contribution in [0, 0.1) is 6.92 Å². The fourth-order valence-electron chi connectivity index (χ4n) is 1.39. The number of hydrogen-bond donors (Lipinski definition) is 2. The highest BCUT2D eigenvalue weighted by molar-refractivity contribution is 5.25. The molecule has 1 heterocycles. The molecule has 0 radical (unpaired) electrons. The Balaban J connectivity index is 1.96. The van der Waals surface area contributed by atoms with E-state index in [9.17, 15) is 0 Å². The van der Waals surface area contributed by atoms with E-state index >= 15 is 0 Å². The Hall–Kier alpha value is -0.860. The van der Waals surface area contributed by atoms with E-state index in [-0.39, 0.29) is 0 Å². The first-order valence-electron chi connectivity index (χ1n) is 4.42. The molecule has 0 bridgehead atoms. The molecule has 1 aromatic rings. The number of rotatable bonds is 3. The van der Waals surface area contributed by atoms with Crippen molar-refractivity contribution in [3.63, 3.8) is 0 Å². The molecule has 1 saturated heterocycles. The van der Waals surface area contributed by atoms with E-state index in [1.54, 1.807) is 0 Å². The molecular formula is C10H14N2. The van der Waals surface area contributed by atoms with Gasteiger partial charge in [0.25, 0.3) is 0 Å². The molecule has 1 aromatic carbocycles. The topological polar surface area (TPSA) is 43.9 Å². The summed E-state index contributed by atoms with van der Waals surface area (Å²) in [6.45, 7) is 2.17. The second kappa shape index (κ2) is 3.25. The van der Waals surface area contributed by atoms with Gasteiger partial charge in [-0.05, 0) is 30.9 Å². The van der Waals surface area contributed by atoms with Crippen molar-refractivity contribution in [3.8, 4) is 0 Å². The van der Waals surface area contributed by atoms with Gasteiger partial charge in [-0.3, -0.25) is 0 Å². The van der Waals surface area contributed by atoms with Gasteiger partial charge in [-0.1, -0.05) is 24.3 Å². The molecule has 2 nitrogen and oxygen atoms in total. The predicted molar refractivity (Wildman–Crippen MR) is 49.6 cm³/mol. The molecule has 0 aromatic heterocycles. The Kier molecular flexibility index (Phi) is 2.11. The van der Waals surface area contributed by atoms with Crippen LogP contribution in [0.5, 0.6) is 0 Å². The van der Waals surface area contributed by atoms with Crippen LogP contribution in [0.2, 0.25) is 0 Å². The highest BCUT2D eigenvalue weighted by Gasteiger charge is 2.17. The fourth-order valence-corrected chi connectivity index (χ4v) is 1.39. The predicted octanol–water partition coefficient (Wildman–Crippen LogP) is 1.36. The number of hydrogen-bond acceptors (Lipinski definition) is 2. The molecule has 64 valence electrons. The van der Waals surface area contributed by atoms with Crippen LogP contribution in [0.3, 0.4) is 0 Å². The van der Waals surface area contributed by atoms with Gasteiger partial charge in [-0.15, -0.1) is 0 Å². The largest absolute Gasteiger partial charge is 0.238 e. The first kappa shape index (κ1) is 7.77. The number of nitrogens with one attached hydrogen (secondary N) is 2. The molecule has 2 N–H and O–H groups in total. The molecular weight excluding hydrogens is 148 g/mol. The van der Waals surface area contributed by atoms with Crippen molar-refractivity contribution < 1.29 is 0 Å². The maximum atomic E-state index is 3.07. The number of benzene rings is 1. The quantitative estimate of drug-likeness (QED) is 0.659. The molecule has 0 aliphatic carbocycles. The van der Waals surface area contributed by atoms with Crippen molar-refractivity contribution in [2.24, 2.45) is 0 Å².